The molecule has 0 bridgehead atoms. The number of unbranched alkanes of at least 4 members (excludes halogenated alkanes) is 1. The molecule has 0 aromatic carbocycles. The summed E-state index contributed by atoms with van der Waals surface area (Å²) in [5.74, 6) is 0. The highest BCUT2D eigenvalue weighted by Crippen LogP contribution is 2.46. The molecule has 0 heterocycles. The van der Waals surface area contributed by atoms with Gasteiger partial charge in [0.1, 0.15) is 0 Å². The van der Waals surface area contributed by atoms with Gasteiger partial charge < -0.3 is 9.79 Å². The van der Waals surface area contributed by atoms with Crippen LogP contribution in [0.2, 0.25) is 0 Å². The van der Waals surface area contributed by atoms with Gasteiger partial charge in [-0.2, -0.15) is 0 Å². The SMILES string of the molecule is CCCCC(C)(C)[S+]=P(O)(O)S. The Bertz CT molecular complexity index is 178. The molecule has 0 atom stereocenters. The van der Waals surface area contributed by atoms with Crippen molar-refractivity contribution in [1.29, 1.82) is 0 Å². The van der Waals surface area contributed by atoms with Crippen LogP contribution in [0.4, 0.5) is 0 Å². The molecule has 0 aliphatic carbocycles. The fourth-order valence-electron chi connectivity index (χ4n) is 0.980. The van der Waals surface area contributed by atoms with Crippen LogP contribution in [-0.4, -0.2) is 14.5 Å². The van der Waals surface area contributed by atoms with Crippen molar-refractivity contribution in [3.63, 3.8) is 0 Å². The molecular formula is C7H18O2PS2+. The average Bonchev–Trinajstić information content (AvgIpc) is 1.78. The Balaban J connectivity index is 4.22. The molecule has 0 aromatic rings. The summed E-state index contributed by atoms with van der Waals surface area (Å²) < 4.78 is -0.0744. The third-order valence-corrected chi connectivity index (χ3v) is 5.40. The van der Waals surface area contributed by atoms with Gasteiger partial charge in [-0.15, -0.1) is 0 Å². The molecule has 0 amide bonds. The van der Waals surface area contributed by atoms with Crippen molar-refractivity contribution in [2.75, 3.05) is 0 Å². The highest BCUT2D eigenvalue weighted by molar-refractivity contribution is 8.62. The second kappa shape index (κ2) is 4.97. The van der Waals surface area contributed by atoms with E-state index >= 15 is 0 Å². The van der Waals surface area contributed by atoms with Crippen LogP contribution in [0, 0.1) is 0 Å². The van der Waals surface area contributed by atoms with Crippen molar-refractivity contribution < 1.29 is 9.79 Å². The number of hydrogen-bond acceptors (Lipinski definition) is 0. The molecule has 2 nitrogen and oxygen atoms in total. The molecule has 0 rings (SSSR count). The molecule has 0 spiro atoms. The Labute approximate surface area is 83.7 Å². The van der Waals surface area contributed by atoms with Gasteiger partial charge in [-0.3, -0.25) is 0 Å². The second-order valence-corrected chi connectivity index (χ2v) is 10.3. The predicted octanol–water partition coefficient (Wildman–Crippen LogP) is 2.63. The van der Waals surface area contributed by atoms with Crippen LogP contribution in [0.25, 0.3) is 0 Å². The summed E-state index contributed by atoms with van der Waals surface area (Å²) in [4.78, 5) is 18.3. The number of thiol groups is 1. The molecular weight excluding hydrogens is 211 g/mol. The van der Waals surface area contributed by atoms with E-state index < -0.39 is 5.69 Å². The minimum Gasteiger partial charge on any atom is -0.304 e. The third-order valence-electron chi connectivity index (χ3n) is 1.50. The van der Waals surface area contributed by atoms with Gasteiger partial charge in [0.05, 0.1) is 0 Å². The lowest BCUT2D eigenvalue weighted by atomic mass is 10.1. The van der Waals surface area contributed by atoms with E-state index in [1.165, 1.54) is 10.9 Å². The Morgan fingerprint density at radius 2 is 1.92 bits per heavy atom. The predicted molar refractivity (Wildman–Crippen MR) is 61.3 cm³/mol. The van der Waals surface area contributed by atoms with Crippen molar-refractivity contribution in [1.82, 2.24) is 0 Å². The first-order chi connectivity index (χ1) is 5.27. The van der Waals surface area contributed by atoms with Crippen LogP contribution in [-0.2, 0) is 10.9 Å². The minimum absolute atomic E-state index is 0.0744. The van der Waals surface area contributed by atoms with Crippen molar-refractivity contribution in [3.05, 3.63) is 0 Å². The highest BCUT2D eigenvalue weighted by Gasteiger charge is 2.33. The van der Waals surface area contributed by atoms with E-state index in [0.29, 0.717) is 0 Å². The van der Waals surface area contributed by atoms with Gasteiger partial charge >= 0.3 is 5.69 Å². The Hall–Kier alpha value is 0.920. The largest absolute Gasteiger partial charge is 0.427 e. The number of rotatable bonds is 4. The maximum absolute atomic E-state index is 9.15. The van der Waals surface area contributed by atoms with Crippen LogP contribution in [0.5, 0.6) is 0 Å². The maximum Gasteiger partial charge on any atom is 0.427 e. The standard InChI is InChI=1S/C7H18O2PS2/c1-4-5-6-7(2,3)12-10(8,9)11/h8-9,11H,4-6H2,1-3H3/q+1. The van der Waals surface area contributed by atoms with Crippen molar-refractivity contribution >= 4 is 28.9 Å². The topological polar surface area (TPSA) is 40.5 Å². The molecule has 0 fully saturated rings. The van der Waals surface area contributed by atoms with Crippen LogP contribution < -0.4 is 0 Å². The molecule has 5 heteroatoms. The van der Waals surface area contributed by atoms with E-state index in [1.54, 1.807) is 0 Å². The average molecular weight is 229 g/mol. The smallest absolute Gasteiger partial charge is 0.304 e. The summed E-state index contributed by atoms with van der Waals surface area (Å²) in [6.07, 6.45) is 3.25. The van der Waals surface area contributed by atoms with Crippen LogP contribution in [0.3, 0.4) is 0 Å². The number of hydrogen-bond donors (Lipinski definition) is 3. The zero-order valence-corrected chi connectivity index (χ0v) is 10.4. The molecule has 0 aliphatic heterocycles. The first kappa shape index (κ1) is 12.9. The Morgan fingerprint density at radius 1 is 1.42 bits per heavy atom. The Morgan fingerprint density at radius 3 is 2.25 bits per heavy atom. The maximum atomic E-state index is 9.15. The van der Waals surface area contributed by atoms with Crippen LogP contribution >= 0.6 is 17.9 Å². The van der Waals surface area contributed by atoms with E-state index in [-0.39, 0.29) is 4.75 Å². The quantitative estimate of drug-likeness (QED) is 0.394. The van der Waals surface area contributed by atoms with E-state index in [2.05, 4.69) is 19.2 Å². The first-order valence-electron chi connectivity index (χ1n) is 4.05. The molecule has 0 radical (unpaired) electrons. The van der Waals surface area contributed by atoms with E-state index in [1.807, 2.05) is 13.8 Å². The van der Waals surface area contributed by atoms with Crippen LogP contribution in [0.15, 0.2) is 0 Å². The molecule has 2 N–H and O–H groups in total. The van der Waals surface area contributed by atoms with E-state index in [9.17, 15) is 0 Å². The van der Waals surface area contributed by atoms with E-state index in [4.69, 9.17) is 9.79 Å². The Kier molecular flexibility index (Phi) is 5.35. The lowest BCUT2D eigenvalue weighted by Gasteiger charge is -2.08. The van der Waals surface area contributed by atoms with Gasteiger partial charge in [0, 0.05) is 6.42 Å². The summed E-state index contributed by atoms with van der Waals surface area (Å²) in [5.41, 5.74) is -2.97. The molecule has 0 saturated carbocycles. The molecule has 0 saturated heterocycles. The fourth-order valence-corrected chi connectivity index (χ4v) is 6.13. The summed E-state index contributed by atoms with van der Waals surface area (Å²) in [6.45, 7) is 6.16. The van der Waals surface area contributed by atoms with Crippen molar-refractivity contribution in [2.45, 2.75) is 44.8 Å². The fraction of sp³-hybridized carbons (Fsp3) is 1.00. The first-order valence-corrected chi connectivity index (χ1v) is 8.32. The van der Waals surface area contributed by atoms with Gasteiger partial charge in [0.15, 0.2) is 4.75 Å². The molecule has 74 valence electrons. The lowest BCUT2D eigenvalue weighted by molar-refractivity contribution is 0.501. The van der Waals surface area contributed by atoms with Gasteiger partial charge in [-0.25, -0.2) is 0 Å². The molecule has 12 heavy (non-hydrogen) atoms. The zero-order chi connectivity index (χ0) is 9.83. The monoisotopic (exact) mass is 229 g/mol. The normalized spacial score (nSPS) is 13.2. The van der Waals surface area contributed by atoms with Crippen molar-refractivity contribution in [3.8, 4) is 0 Å². The molecule has 0 aromatic heterocycles. The molecule has 0 unspecified atom stereocenters. The summed E-state index contributed by atoms with van der Waals surface area (Å²) in [5, 5.41) is 0. The summed E-state index contributed by atoms with van der Waals surface area (Å²) in [6, 6.07) is 0. The van der Waals surface area contributed by atoms with Crippen LogP contribution in [0.1, 0.15) is 40.0 Å². The van der Waals surface area contributed by atoms with Gasteiger partial charge in [-0.05, 0) is 32.5 Å². The van der Waals surface area contributed by atoms with Gasteiger partial charge in [0.2, 0.25) is 10.9 Å². The molecule has 0 aliphatic rings. The zero-order valence-electron chi connectivity index (χ0n) is 7.82. The summed E-state index contributed by atoms with van der Waals surface area (Å²) in [7, 11) is 1.19. The van der Waals surface area contributed by atoms with Crippen molar-refractivity contribution in [2.24, 2.45) is 0 Å². The second-order valence-electron chi connectivity index (χ2n) is 3.47. The van der Waals surface area contributed by atoms with E-state index in [0.717, 1.165) is 19.3 Å². The van der Waals surface area contributed by atoms with Gasteiger partial charge in [-0.1, -0.05) is 13.3 Å². The summed E-state index contributed by atoms with van der Waals surface area (Å²) >= 11 is 3.76. The highest BCUT2D eigenvalue weighted by atomic mass is 32.9. The minimum atomic E-state index is -2.97. The lowest BCUT2D eigenvalue weighted by Crippen LogP contribution is -2.17. The van der Waals surface area contributed by atoms with Gasteiger partial charge in [0.25, 0.3) is 0 Å². The third kappa shape index (κ3) is 7.56.